The molecule has 1 aromatic rings. The zero-order valence-corrected chi connectivity index (χ0v) is 10.7. The molecule has 0 bridgehead atoms. The van der Waals surface area contributed by atoms with Crippen molar-refractivity contribution in [3.8, 4) is 0 Å². The molecular formula is C13H21N3O. The number of hydrogen-bond donors (Lipinski definition) is 1. The van der Waals surface area contributed by atoms with Gasteiger partial charge in [-0.15, -0.1) is 0 Å². The fourth-order valence-electron chi connectivity index (χ4n) is 2.43. The molecule has 1 N–H and O–H groups in total. The highest BCUT2D eigenvalue weighted by molar-refractivity contribution is 5.79. The number of aromatic nitrogens is 2. The second kappa shape index (κ2) is 5.34. The van der Waals surface area contributed by atoms with E-state index in [-0.39, 0.29) is 5.92 Å². The van der Waals surface area contributed by atoms with Gasteiger partial charge in [-0.3, -0.25) is 4.79 Å². The highest BCUT2D eigenvalue weighted by Crippen LogP contribution is 2.24. The van der Waals surface area contributed by atoms with Gasteiger partial charge >= 0.3 is 0 Å². The van der Waals surface area contributed by atoms with E-state index in [1.807, 2.05) is 11.9 Å². The summed E-state index contributed by atoms with van der Waals surface area (Å²) in [4.78, 5) is 21.5. The van der Waals surface area contributed by atoms with Crippen LogP contribution in [0.1, 0.15) is 37.6 Å². The third-order valence-corrected chi connectivity index (χ3v) is 3.56. The molecule has 0 saturated carbocycles. The zero-order chi connectivity index (χ0) is 12.3. The van der Waals surface area contributed by atoms with Crippen LogP contribution in [-0.4, -0.2) is 34.4 Å². The molecule has 1 amide bonds. The lowest BCUT2D eigenvalue weighted by Gasteiger charge is -2.26. The lowest BCUT2D eigenvalue weighted by Crippen LogP contribution is -2.36. The summed E-state index contributed by atoms with van der Waals surface area (Å²) in [7, 11) is 1.92. The Morgan fingerprint density at radius 1 is 1.65 bits per heavy atom. The molecule has 0 aliphatic heterocycles. The third-order valence-electron chi connectivity index (χ3n) is 3.56. The number of fused-ring (bicyclic) bond motifs is 1. The number of carbonyl (C=O) groups excluding carboxylic acids is 1. The lowest BCUT2D eigenvalue weighted by molar-refractivity contribution is -0.134. The van der Waals surface area contributed by atoms with Gasteiger partial charge in [0, 0.05) is 31.6 Å². The first kappa shape index (κ1) is 12.1. The standard InChI is InChI=1S/C13H21N3O/c1-3-4-7-16(2)13(17)10-5-6-11-12(8-10)15-9-14-11/h9-10H,3-8H2,1-2H3,(H,14,15). The molecule has 1 aromatic heterocycles. The van der Waals surface area contributed by atoms with Crippen LogP contribution in [-0.2, 0) is 17.6 Å². The summed E-state index contributed by atoms with van der Waals surface area (Å²) in [5.74, 6) is 0.434. The van der Waals surface area contributed by atoms with Crippen molar-refractivity contribution in [2.75, 3.05) is 13.6 Å². The second-order valence-corrected chi connectivity index (χ2v) is 4.88. The predicted octanol–water partition coefficient (Wildman–Crippen LogP) is 1.77. The number of imidazole rings is 1. The minimum absolute atomic E-state index is 0.143. The Bertz CT molecular complexity index is 386. The molecule has 4 heteroatoms. The molecule has 2 rings (SSSR count). The van der Waals surface area contributed by atoms with Crippen LogP contribution >= 0.6 is 0 Å². The smallest absolute Gasteiger partial charge is 0.225 e. The molecule has 94 valence electrons. The van der Waals surface area contributed by atoms with Crippen LogP contribution in [0.2, 0.25) is 0 Å². The number of amides is 1. The van der Waals surface area contributed by atoms with Crippen LogP contribution in [0, 0.1) is 5.92 Å². The van der Waals surface area contributed by atoms with E-state index in [9.17, 15) is 4.79 Å². The first-order chi connectivity index (χ1) is 8.22. The molecule has 1 aliphatic rings. The SMILES string of the molecule is CCCCN(C)C(=O)C1CCc2nc[nH]c2C1. The minimum Gasteiger partial charge on any atom is -0.348 e. The number of H-pyrrole nitrogens is 1. The molecular weight excluding hydrogens is 214 g/mol. The molecule has 1 unspecified atom stereocenters. The van der Waals surface area contributed by atoms with Gasteiger partial charge in [0.2, 0.25) is 5.91 Å². The topological polar surface area (TPSA) is 49.0 Å². The number of aryl methyl sites for hydroxylation is 1. The lowest BCUT2D eigenvalue weighted by atomic mass is 9.89. The van der Waals surface area contributed by atoms with Crippen LogP contribution in [0.25, 0.3) is 0 Å². The summed E-state index contributed by atoms with van der Waals surface area (Å²) < 4.78 is 0. The summed E-state index contributed by atoms with van der Waals surface area (Å²) in [6.45, 7) is 3.03. The number of carbonyl (C=O) groups is 1. The Morgan fingerprint density at radius 3 is 3.24 bits per heavy atom. The van der Waals surface area contributed by atoms with Crippen molar-refractivity contribution in [1.29, 1.82) is 0 Å². The summed E-state index contributed by atoms with van der Waals surface area (Å²) in [5, 5.41) is 0. The van der Waals surface area contributed by atoms with E-state index in [1.165, 1.54) is 0 Å². The summed E-state index contributed by atoms with van der Waals surface area (Å²) in [6.07, 6.45) is 6.64. The maximum Gasteiger partial charge on any atom is 0.225 e. The van der Waals surface area contributed by atoms with Gasteiger partial charge in [-0.2, -0.15) is 0 Å². The molecule has 0 fully saturated rings. The Kier molecular flexibility index (Phi) is 3.82. The van der Waals surface area contributed by atoms with Gasteiger partial charge in [-0.1, -0.05) is 13.3 Å². The highest BCUT2D eigenvalue weighted by atomic mass is 16.2. The van der Waals surface area contributed by atoms with Gasteiger partial charge in [-0.05, 0) is 19.3 Å². The van der Waals surface area contributed by atoms with E-state index >= 15 is 0 Å². The van der Waals surface area contributed by atoms with Gasteiger partial charge in [0.25, 0.3) is 0 Å². The number of nitrogens with one attached hydrogen (secondary N) is 1. The van der Waals surface area contributed by atoms with E-state index in [0.29, 0.717) is 5.91 Å². The van der Waals surface area contributed by atoms with Crippen molar-refractivity contribution >= 4 is 5.91 Å². The van der Waals surface area contributed by atoms with Gasteiger partial charge < -0.3 is 9.88 Å². The third kappa shape index (κ3) is 2.68. The molecule has 17 heavy (non-hydrogen) atoms. The number of unbranched alkanes of at least 4 members (excludes halogenated alkanes) is 1. The number of aromatic amines is 1. The molecule has 1 atom stereocenters. The Balaban J connectivity index is 1.93. The van der Waals surface area contributed by atoms with Crippen LogP contribution in [0.3, 0.4) is 0 Å². The highest BCUT2D eigenvalue weighted by Gasteiger charge is 2.27. The normalized spacial score (nSPS) is 18.8. The fraction of sp³-hybridized carbons (Fsp3) is 0.692. The van der Waals surface area contributed by atoms with Crippen LogP contribution < -0.4 is 0 Å². The number of rotatable bonds is 4. The zero-order valence-electron chi connectivity index (χ0n) is 10.7. The monoisotopic (exact) mass is 235 g/mol. The number of hydrogen-bond acceptors (Lipinski definition) is 2. The first-order valence-corrected chi connectivity index (χ1v) is 6.48. The Morgan fingerprint density at radius 2 is 2.47 bits per heavy atom. The average Bonchev–Trinajstić information content (AvgIpc) is 2.81. The Labute approximate surface area is 102 Å². The van der Waals surface area contributed by atoms with Crippen molar-refractivity contribution < 1.29 is 4.79 Å². The van der Waals surface area contributed by atoms with Gasteiger partial charge in [0.1, 0.15) is 0 Å². The number of nitrogens with zero attached hydrogens (tertiary/aromatic N) is 2. The van der Waals surface area contributed by atoms with Crippen molar-refractivity contribution in [2.45, 2.75) is 39.0 Å². The summed E-state index contributed by atoms with van der Waals surface area (Å²) in [5.41, 5.74) is 2.30. The first-order valence-electron chi connectivity index (χ1n) is 6.48. The summed E-state index contributed by atoms with van der Waals surface area (Å²) >= 11 is 0. The van der Waals surface area contributed by atoms with E-state index in [1.54, 1.807) is 6.33 Å². The van der Waals surface area contributed by atoms with Crippen LogP contribution in [0.15, 0.2) is 6.33 Å². The van der Waals surface area contributed by atoms with E-state index in [0.717, 1.165) is 50.0 Å². The maximum atomic E-state index is 12.2. The van der Waals surface area contributed by atoms with E-state index < -0.39 is 0 Å². The van der Waals surface area contributed by atoms with Crippen molar-refractivity contribution in [1.82, 2.24) is 14.9 Å². The van der Waals surface area contributed by atoms with E-state index in [4.69, 9.17) is 0 Å². The molecule has 0 aromatic carbocycles. The van der Waals surface area contributed by atoms with Gasteiger partial charge in [0.15, 0.2) is 0 Å². The average molecular weight is 235 g/mol. The molecule has 0 saturated heterocycles. The van der Waals surface area contributed by atoms with Crippen molar-refractivity contribution in [3.63, 3.8) is 0 Å². The predicted molar refractivity (Wildman–Crippen MR) is 66.6 cm³/mol. The molecule has 1 aliphatic carbocycles. The van der Waals surface area contributed by atoms with Crippen LogP contribution in [0.5, 0.6) is 0 Å². The minimum atomic E-state index is 0.143. The quantitative estimate of drug-likeness (QED) is 0.864. The van der Waals surface area contributed by atoms with Gasteiger partial charge in [-0.25, -0.2) is 4.98 Å². The second-order valence-electron chi connectivity index (χ2n) is 4.88. The molecule has 0 spiro atoms. The largest absolute Gasteiger partial charge is 0.348 e. The molecule has 1 heterocycles. The maximum absolute atomic E-state index is 12.2. The van der Waals surface area contributed by atoms with Crippen molar-refractivity contribution in [3.05, 3.63) is 17.7 Å². The van der Waals surface area contributed by atoms with Crippen molar-refractivity contribution in [2.24, 2.45) is 5.92 Å². The fourth-order valence-corrected chi connectivity index (χ4v) is 2.43. The van der Waals surface area contributed by atoms with Crippen LogP contribution in [0.4, 0.5) is 0 Å². The molecule has 0 radical (unpaired) electrons. The summed E-state index contributed by atoms with van der Waals surface area (Å²) in [6, 6.07) is 0. The van der Waals surface area contributed by atoms with E-state index in [2.05, 4.69) is 16.9 Å². The van der Waals surface area contributed by atoms with Gasteiger partial charge in [0.05, 0.1) is 12.0 Å². The molecule has 4 nitrogen and oxygen atoms in total. The Hall–Kier alpha value is -1.32.